The van der Waals surface area contributed by atoms with Gasteiger partial charge in [0.25, 0.3) is 0 Å². The molecule has 1 aliphatic rings. The Balaban J connectivity index is 1.72. The third kappa shape index (κ3) is 3.52. The number of anilines is 1. The largest absolute Gasteiger partial charge is 0.406 e. The van der Waals surface area contributed by atoms with E-state index in [2.05, 4.69) is 14.9 Å². The van der Waals surface area contributed by atoms with E-state index >= 15 is 0 Å². The number of H-pyrrole nitrogens is 1. The monoisotopic (exact) mass is 384 g/mol. The van der Waals surface area contributed by atoms with Gasteiger partial charge in [0.05, 0.1) is 35.3 Å². The third-order valence-electron chi connectivity index (χ3n) is 4.75. The van der Waals surface area contributed by atoms with E-state index in [9.17, 15) is 18.0 Å². The molecule has 2 aromatic heterocycles. The molecule has 146 valence electrons. The second-order valence-corrected chi connectivity index (χ2v) is 6.57. The molecule has 0 unspecified atom stereocenters. The van der Waals surface area contributed by atoms with Crippen LogP contribution in [0.3, 0.4) is 0 Å². The molecule has 1 fully saturated rings. The Morgan fingerprint density at radius 2 is 1.89 bits per heavy atom. The van der Waals surface area contributed by atoms with E-state index in [0.29, 0.717) is 40.9 Å². The molecule has 4 rings (SSSR count). The number of hydrogen-bond acceptors (Lipinski definition) is 5. The second-order valence-electron chi connectivity index (χ2n) is 6.57. The molecule has 0 atom stereocenters. The molecular formula is C16H19F3N6O2. The van der Waals surface area contributed by atoms with E-state index in [0.717, 1.165) is 19.6 Å². The number of morpholine rings is 1. The summed E-state index contributed by atoms with van der Waals surface area (Å²) in [4.78, 5) is 20.9. The van der Waals surface area contributed by atoms with Crippen molar-refractivity contribution < 1.29 is 17.9 Å². The van der Waals surface area contributed by atoms with Gasteiger partial charge in [0.1, 0.15) is 6.54 Å². The Kier molecular flexibility index (Phi) is 4.35. The standard InChI is InChI=1S/C16H19F3N6O2/c17-16(18,19)9-25-13-8-12-10(7-11(13)22-15(25)26)21-14(20)24(12)2-1-23-3-5-27-6-4-23/h7-8H,1-6,9H2,(H2,20,21)(H,22,26). The predicted octanol–water partition coefficient (Wildman–Crippen LogP) is 1.16. The van der Waals surface area contributed by atoms with Gasteiger partial charge in [0, 0.05) is 26.2 Å². The number of nitrogens with two attached hydrogens (primary N) is 1. The lowest BCUT2D eigenvalue weighted by atomic mass is 10.2. The van der Waals surface area contributed by atoms with E-state index in [-0.39, 0.29) is 11.5 Å². The van der Waals surface area contributed by atoms with Crippen LogP contribution in [0.5, 0.6) is 0 Å². The number of fused-ring (bicyclic) bond motifs is 2. The fraction of sp³-hybridized carbons (Fsp3) is 0.500. The van der Waals surface area contributed by atoms with Crippen molar-refractivity contribution in [1.29, 1.82) is 0 Å². The Morgan fingerprint density at radius 1 is 1.15 bits per heavy atom. The zero-order chi connectivity index (χ0) is 19.2. The maximum absolute atomic E-state index is 12.8. The van der Waals surface area contributed by atoms with Crippen LogP contribution < -0.4 is 11.4 Å². The predicted molar refractivity (Wildman–Crippen MR) is 93.6 cm³/mol. The first-order valence-electron chi connectivity index (χ1n) is 8.57. The fourth-order valence-electron chi connectivity index (χ4n) is 3.43. The van der Waals surface area contributed by atoms with Gasteiger partial charge in [-0.15, -0.1) is 0 Å². The highest BCUT2D eigenvalue weighted by Gasteiger charge is 2.30. The van der Waals surface area contributed by atoms with Crippen molar-refractivity contribution in [3.63, 3.8) is 0 Å². The number of hydrogen-bond donors (Lipinski definition) is 2. The summed E-state index contributed by atoms with van der Waals surface area (Å²) in [5.41, 5.74) is 6.83. The highest BCUT2D eigenvalue weighted by atomic mass is 19.4. The van der Waals surface area contributed by atoms with Gasteiger partial charge in [-0.25, -0.2) is 9.78 Å². The molecule has 0 amide bonds. The number of aromatic nitrogens is 4. The number of aromatic amines is 1. The fourth-order valence-corrected chi connectivity index (χ4v) is 3.43. The van der Waals surface area contributed by atoms with Gasteiger partial charge in [-0.05, 0) is 12.1 Å². The molecule has 11 heteroatoms. The van der Waals surface area contributed by atoms with Gasteiger partial charge in [-0.3, -0.25) is 9.47 Å². The summed E-state index contributed by atoms with van der Waals surface area (Å²) < 4.78 is 46.2. The molecular weight excluding hydrogens is 365 g/mol. The summed E-state index contributed by atoms with van der Waals surface area (Å²) in [6.45, 7) is 2.90. The normalized spacial score (nSPS) is 16.6. The number of nitrogen functional groups attached to an aromatic ring is 1. The van der Waals surface area contributed by atoms with Crippen LogP contribution in [0.2, 0.25) is 0 Å². The average Bonchev–Trinajstić information content (AvgIpc) is 3.06. The maximum Gasteiger partial charge on any atom is 0.406 e. The Bertz CT molecular complexity index is 1030. The van der Waals surface area contributed by atoms with Crippen molar-refractivity contribution >= 4 is 28.0 Å². The molecule has 0 bridgehead atoms. The molecule has 8 nitrogen and oxygen atoms in total. The summed E-state index contributed by atoms with van der Waals surface area (Å²) in [7, 11) is 0. The first kappa shape index (κ1) is 17.9. The Hall–Kier alpha value is -2.53. The summed E-state index contributed by atoms with van der Waals surface area (Å²) in [5, 5.41) is 0. The summed E-state index contributed by atoms with van der Waals surface area (Å²) in [5.74, 6) is 0.288. The van der Waals surface area contributed by atoms with Gasteiger partial charge in [0.15, 0.2) is 0 Å². The molecule has 3 N–H and O–H groups in total. The van der Waals surface area contributed by atoms with Crippen molar-refractivity contribution in [2.45, 2.75) is 19.3 Å². The SMILES string of the molecule is Nc1nc2cc3[nH]c(=O)n(CC(F)(F)F)c3cc2n1CCN1CCOCC1. The summed E-state index contributed by atoms with van der Waals surface area (Å²) in [6.07, 6.45) is -4.50. The Labute approximate surface area is 151 Å². The van der Waals surface area contributed by atoms with Crippen LogP contribution in [0.25, 0.3) is 22.1 Å². The first-order chi connectivity index (χ1) is 12.8. The van der Waals surface area contributed by atoms with Gasteiger partial charge >= 0.3 is 11.9 Å². The molecule has 0 saturated carbocycles. The lowest BCUT2D eigenvalue weighted by molar-refractivity contribution is -0.140. The van der Waals surface area contributed by atoms with Gasteiger partial charge < -0.3 is 20.0 Å². The van der Waals surface area contributed by atoms with Gasteiger partial charge in [0.2, 0.25) is 5.95 Å². The number of imidazole rings is 2. The van der Waals surface area contributed by atoms with Crippen LogP contribution in [0.4, 0.5) is 19.1 Å². The zero-order valence-electron chi connectivity index (χ0n) is 14.4. The van der Waals surface area contributed by atoms with E-state index in [1.165, 1.54) is 6.07 Å². The van der Waals surface area contributed by atoms with Gasteiger partial charge in [-0.1, -0.05) is 0 Å². The Morgan fingerprint density at radius 3 is 2.59 bits per heavy atom. The first-order valence-corrected chi connectivity index (χ1v) is 8.57. The topological polar surface area (TPSA) is 94.1 Å². The lowest BCUT2D eigenvalue weighted by Gasteiger charge is -2.26. The van der Waals surface area contributed by atoms with Crippen molar-refractivity contribution in [3.05, 3.63) is 22.6 Å². The quantitative estimate of drug-likeness (QED) is 0.704. The molecule has 0 radical (unpaired) electrons. The third-order valence-corrected chi connectivity index (χ3v) is 4.75. The lowest BCUT2D eigenvalue weighted by Crippen LogP contribution is -2.38. The number of benzene rings is 1. The van der Waals surface area contributed by atoms with Crippen molar-refractivity contribution in [2.75, 3.05) is 38.6 Å². The van der Waals surface area contributed by atoms with E-state index < -0.39 is 18.4 Å². The maximum atomic E-state index is 12.8. The molecule has 27 heavy (non-hydrogen) atoms. The number of ether oxygens (including phenoxy) is 1. The second kappa shape index (κ2) is 6.57. The van der Waals surface area contributed by atoms with Crippen LogP contribution in [-0.4, -0.2) is 63.0 Å². The van der Waals surface area contributed by atoms with Crippen molar-refractivity contribution in [3.8, 4) is 0 Å². The minimum Gasteiger partial charge on any atom is -0.379 e. The summed E-state index contributed by atoms with van der Waals surface area (Å²) >= 11 is 0. The minimum absolute atomic E-state index is 0.178. The molecule has 0 spiro atoms. The molecule has 1 saturated heterocycles. The van der Waals surface area contributed by atoms with Crippen LogP contribution in [-0.2, 0) is 17.8 Å². The smallest absolute Gasteiger partial charge is 0.379 e. The number of halogens is 3. The molecule has 3 heterocycles. The van der Waals surface area contributed by atoms with E-state index in [1.807, 2.05) is 0 Å². The van der Waals surface area contributed by atoms with Crippen molar-refractivity contribution in [1.82, 2.24) is 24.0 Å². The summed E-state index contributed by atoms with van der Waals surface area (Å²) in [6, 6.07) is 3.09. The average molecular weight is 384 g/mol. The van der Waals surface area contributed by atoms with Crippen LogP contribution >= 0.6 is 0 Å². The van der Waals surface area contributed by atoms with Crippen molar-refractivity contribution in [2.24, 2.45) is 0 Å². The van der Waals surface area contributed by atoms with Crippen LogP contribution in [0, 0.1) is 0 Å². The molecule has 3 aromatic rings. The number of rotatable bonds is 4. The molecule has 0 aliphatic carbocycles. The minimum atomic E-state index is -4.50. The number of nitrogens with zero attached hydrogens (tertiary/aromatic N) is 4. The van der Waals surface area contributed by atoms with Crippen LogP contribution in [0.15, 0.2) is 16.9 Å². The van der Waals surface area contributed by atoms with E-state index in [4.69, 9.17) is 10.5 Å². The number of alkyl halides is 3. The highest BCUT2D eigenvalue weighted by Crippen LogP contribution is 2.25. The van der Waals surface area contributed by atoms with Gasteiger partial charge in [-0.2, -0.15) is 13.2 Å². The highest BCUT2D eigenvalue weighted by molar-refractivity contribution is 5.92. The molecule has 1 aromatic carbocycles. The van der Waals surface area contributed by atoms with Crippen LogP contribution in [0.1, 0.15) is 0 Å². The zero-order valence-corrected chi connectivity index (χ0v) is 14.4. The molecule has 1 aliphatic heterocycles. The number of nitrogens with one attached hydrogen (secondary N) is 1. The van der Waals surface area contributed by atoms with E-state index in [1.54, 1.807) is 10.6 Å².